The molecule has 0 saturated carbocycles. The van der Waals surface area contributed by atoms with Gasteiger partial charge in [0.15, 0.2) is 0 Å². The molecule has 4 heteroatoms. The SMILES string of the molecule is COCCCCNc1cccc(Cl)c1C#N. The van der Waals surface area contributed by atoms with E-state index >= 15 is 0 Å². The smallest absolute Gasteiger partial charge is 0.103 e. The molecule has 1 rings (SSSR count). The average molecular weight is 239 g/mol. The van der Waals surface area contributed by atoms with Gasteiger partial charge in [-0.05, 0) is 25.0 Å². The summed E-state index contributed by atoms with van der Waals surface area (Å²) in [7, 11) is 1.69. The number of hydrogen-bond donors (Lipinski definition) is 1. The van der Waals surface area contributed by atoms with E-state index in [1.807, 2.05) is 12.1 Å². The quantitative estimate of drug-likeness (QED) is 0.775. The van der Waals surface area contributed by atoms with Gasteiger partial charge in [0.1, 0.15) is 6.07 Å². The molecule has 0 fully saturated rings. The van der Waals surface area contributed by atoms with Gasteiger partial charge >= 0.3 is 0 Å². The number of halogens is 1. The molecule has 0 unspecified atom stereocenters. The number of ether oxygens (including phenoxy) is 1. The van der Waals surface area contributed by atoms with Crippen molar-refractivity contribution in [3.63, 3.8) is 0 Å². The highest BCUT2D eigenvalue weighted by Crippen LogP contribution is 2.23. The number of methoxy groups -OCH3 is 1. The first-order valence-corrected chi connectivity index (χ1v) is 5.59. The zero-order valence-corrected chi connectivity index (χ0v) is 10.0. The van der Waals surface area contributed by atoms with Crippen LogP contribution in [0.15, 0.2) is 18.2 Å². The summed E-state index contributed by atoms with van der Waals surface area (Å²) in [6.45, 7) is 1.58. The van der Waals surface area contributed by atoms with Gasteiger partial charge in [-0.2, -0.15) is 5.26 Å². The molecule has 16 heavy (non-hydrogen) atoms. The third kappa shape index (κ3) is 3.73. The second kappa shape index (κ2) is 7.10. The fraction of sp³-hybridized carbons (Fsp3) is 0.417. The van der Waals surface area contributed by atoms with E-state index in [4.69, 9.17) is 21.6 Å². The van der Waals surface area contributed by atoms with Crippen molar-refractivity contribution in [3.8, 4) is 6.07 Å². The van der Waals surface area contributed by atoms with Gasteiger partial charge < -0.3 is 10.1 Å². The van der Waals surface area contributed by atoms with Crippen LogP contribution in [0, 0.1) is 11.3 Å². The van der Waals surface area contributed by atoms with Gasteiger partial charge in [0.2, 0.25) is 0 Å². The van der Waals surface area contributed by atoms with E-state index in [9.17, 15) is 0 Å². The lowest BCUT2D eigenvalue weighted by atomic mass is 10.2. The van der Waals surface area contributed by atoms with Crippen LogP contribution >= 0.6 is 11.6 Å². The van der Waals surface area contributed by atoms with Crippen LogP contribution in [0.1, 0.15) is 18.4 Å². The number of nitriles is 1. The molecule has 0 atom stereocenters. The number of nitrogens with one attached hydrogen (secondary N) is 1. The van der Waals surface area contributed by atoms with Crippen molar-refractivity contribution >= 4 is 17.3 Å². The third-order valence-electron chi connectivity index (χ3n) is 2.22. The Morgan fingerprint density at radius 3 is 2.94 bits per heavy atom. The predicted molar refractivity (Wildman–Crippen MR) is 65.8 cm³/mol. The molecule has 1 aromatic carbocycles. The molecule has 0 radical (unpaired) electrons. The number of unbranched alkanes of at least 4 members (excludes halogenated alkanes) is 1. The van der Waals surface area contributed by atoms with Gasteiger partial charge in [-0.15, -0.1) is 0 Å². The van der Waals surface area contributed by atoms with Crippen LogP contribution in [0.2, 0.25) is 5.02 Å². The van der Waals surface area contributed by atoms with E-state index in [-0.39, 0.29) is 0 Å². The number of nitrogens with zero attached hydrogens (tertiary/aromatic N) is 1. The summed E-state index contributed by atoms with van der Waals surface area (Å²) in [6.07, 6.45) is 2.01. The first-order chi connectivity index (χ1) is 7.79. The van der Waals surface area contributed by atoms with E-state index in [1.54, 1.807) is 13.2 Å². The van der Waals surface area contributed by atoms with E-state index in [2.05, 4.69) is 11.4 Å². The molecule has 0 aliphatic rings. The minimum absolute atomic E-state index is 0.490. The fourth-order valence-electron chi connectivity index (χ4n) is 1.38. The Hall–Kier alpha value is -1.24. The zero-order valence-electron chi connectivity index (χ0n) is 9.29. The first-order valence-electron chi connectivity index (χ1n) is 5.21. The van der Waals surface area contributed by atoms with Crippen molar-refractivity contribution in [2.24, 2.45) is 0 Å². The molecule has 1 aromatic rings. The van der Waals surface area contributed by atoms with Crippen molar-refractivity contribution in [2.45, 2.75) is 12.8 Å². The molecule has 0 aromatic heterocycles. The van der Waals surface area contributed by atoms with Gasteiger partial charge in [-0.3, -0.25) is 0 Å². The van der Waals surface area contributed by atoms with Crippen molar-refractivity contribution < 1.29 is 4.74 Å². The van der Waals surface area contributed by atoms with Crippen molar-refractivity contribution in [3.05, 3.63) is 28.8 Å². The van der Waals surface area contributed by atoms with Crippen LogP contribution in [-0.2, 0) is 4.74 Å². The van der Waals surface area contributed by atoms with Gasteiger partial charge in [-0.1, -0.05) is 17.7 Å². The Labute approximate surface area is 101 Å². The summed E-state index contributed by atoms with van der Waals surface area (Å²) in [5.74, 6) is 0. The second-order valence-corrected chi connectivity index (χ2v) is 3.81. The van der Waals surface area contributed by atoms with Crippen LogP contribution in [0.25, 0.3) is 0 Å². The Bertz CT molecular complexity index is 374. The molecule has 0 spiro atoms. The summed E-state index contributed by atoms with van der Waals surface area (Å²) in [6, 6.07) is 7.51. The maximum absolute atomic E-state index is 8.95. The average Bonchev–Trinajstić information content (AvgIpc) is 2.29. The van der Waals surface area contributed by atoms with Crippen LogP contribution in [0.4, 0.5) is 5.69 Å². The highest BCUT2D eigenvalue weighted by molar-refractivity contribution is 6.32. The monoisotopic (exact) mass is 238 g/mol. The highest BCUT2D eigenvalue weighted by atomic mass is 35.5. The van der Waals surface area contributed by atoms with Gasteiger partial charge in [0.05, 0.1) is 16.3 Å². The zero-order chi connectivity index (χ0) is 11.8. The first kappa shape index (κ1) is 12.8. The standard InChI is InChI=1S/C12H15ClN2O/c1-16-8-3-2-7-15-12-6-4-5-11(13)10(12)9-14/h4-6,15H,2-3,7-8H2,1H3. The predicted octanol–water partition coefficient (Wildman–Crippen LogP) is 3.05. The maximum atomic E-state index is 8.95. The summed E-state index contributed by atoms with van der Waals surface area (Å²) in [5, 5.41) is 12.6. The van der Waals surface area contributed by atoms with Crippen LogP contribution in [-0.4, -0.2) is 20.3 Å². The molecule has 0 aliphatic carbocycles. The third-order valence-corrected chi connectivity index (χ3v) is 2.53. The van der Waals surface area contributed by atoms with Crippen molar-refractivity contribution in [1.82, 2.24) is 0 Å². The Kier molecular flexibility index (Phi) is 5.69. The molecular formula is C12H15ClN2O. The number of anilines is 1. The summed E-state index contributed by atoms with van der Waals surface area (Å²) in [4.78, 5) is 0. The molecule has 0 bridgehead atoms. The van der Waals surface area contributed by atoms with E-state index < -0.39 is 0 Å². The van der Waals surface area contributed by atoms with Gasteiger partial charge in [0.25, 0.3) is 0 Å². The molecule has 0 aliphatic heterocycles. The lowest BCUT2D eigenvalue weighted by Gasteiger charge is -2.08. The largest absolute Gasteiger partial charge is 0.385 e. The molecule has 0 amide bonds. The van der Waals surface area contributed by atoms with Crippen molar-refractivity contribution in [2.75, 3.05) is 25.6 Å². The number of benzene rings is 1. The molecule has 3 nitrogen and oxygen atoms in total. The molecule has 0 heterocycles. The van der Waals surface area contributed by atoms with E-state index in [1.165, 1.54) is 0 Å². The fourth-order valence-corrected chi connectivity index (χ4v) is 1.60. The van der Waals surface area contributed by atoms with E-state index in [0.29, 0.717) is 10.6 Å². The lowest BCUT2D eigenvalue weighted by molar-refractivity contribution is 0.194. The highest BCUT2D eigenvalue weighted by Gasteiger charge is 2.04. The molecular weight excluding hydrogens is 224 g/mol. The second-order valence-electron chi connectivity index (χ2n) is 3.40. The van der Waals surface area contributed by atoms with E-state index in [0.717, 1.165) is 31.7 Å². The lowest BCUT2D eigenvalue weighted by Crippen LogP contribution is -2.04. The van der Waals surface area contributed by atoms with Crippen molar-refractivity contribution in [1.29, 1.82) is 5.26 Å². The maximum Gasteiger partial charge on any atom is 0.103 e. The topological polar surface area (TPSA) is 45.0 Å². The summed E-state index contributed by atoms with van der Waals surface area (Å²) in [5.41, 5.74) is 1.31. The Morgan fingerprint density at radius 2 is 2.25 bits per heavy atom. The van der Waals surface area contributed by atoms with Crippen LogP contribution in [0.3, 0.4) is 0 Å². The minimum atomic E-state index is 0.490. The van der Waals surface area contributed by atoms with Crippen LogP contribution in [0.5, 0.6) is 0 Å². The molecule has 1 N–H and O–H groups in total. The van der Waals surface area contributed by atoms with Gasteiger partial charge in [0, 0.05) is 20.3 Å². The summed E-state index contributed by atoms with van der Waals surface area (Å²) >= 11 is 5.91. The number of rotatable bonds is 6. The molecule has 0 saturated heterocycles. The Balaban J connectivity index is 2.48. The normalized spacial score (nSPS) is 9.81. The Morgan fingerprint density at radius 1 is 1.44 bits per heavy atom. The number of hydrogen-bond acceptors (Lipinski definition) is 3. The van der Waals surface area contributed by atoms with Gasteiger partial charge in [-0.25, -0.2) is 0 Å². The van der Waals surface area contributed by atoms with Crippen LogP contribution < -0.4 is 5.32 Å². The summed E-state index contributed by atoms with van der Waals surface area (Å²) < 4.78 is 4.96. The minimum Gasteiger partial charge on any atom is -0.385 e. The molecule has 86 valence electrons.